The number of hydrogen-bond donors (Lipinski definition) is 2. The first kappa shape index (κ1) is 15.7. The van der Waals surface area contributed by atoms with Crippen LogP contribution in [0.15, 0.2) is 4.34 Å². The number of rotatable bonds is 6. The fraction of sp³-hybridized carbons (Fsp3) is 0.750. The zero-order valence-electron chi connectivity index (χ0n) is 11.5. The van der Waals surface area contributed by atoms with Gasteiger partial charge < -0.3 is 10.4 Å². The highest BCUT2D eigenvalue weighted by Crippen LogP contribution is 2.20. The summed E-state index contributed by atoms with van der Waals surface area (Å²) in [5.74, 6) is 0.816. The van der Waals surface area contributed by atoms with Gasteiger partial charge in [-0.2, -0.15) is 0 Å². The lowest BCUT2D eigenvalue weighted by molar-refractivity contribution is -0.122. The molecule has 2 heterocycles. The highest BCUT2D eigenvalue weighted by Gasteiger charge is 2.19. The number of nitrogens with one attached hydrogen (secondary N) is 1. The summed E-state index contributed by atoms with van der Waals surface area (Å²) in [7, 11) is 0. The molecule has 1 aliphatic heterocycles. The van der Waals surface area contributed by atoms with E-state index in [1.54, 1.807) is 23.1 Å². The maximum Gasteiger partial charge on any atom is 0.234 e. The van der Waals surface area contributed by atoms with Crippen molar-refractivity contribution >= 4 is 29.0 Å². The van der Waals surface area contributed by atoms with Crippen LogP contribution in [0.5, 0.6) is 0 Å². The van der Waals surface area contributed by atoms with E-state index in [0.717, 1.165) is 34.5 Å². The summed E-state index contributed by atoms with van der Waals surface area (Å²) >= 11 is 3.17. The molecule has 8 heteroatoms. The SMILES string of the molecule is Cc1nnc(SCCNC(=O)CN2CCC[C@H](O)C2)s1. The van der Waals surface area contributed by atoms with Gasteiger partial charge in [-0.15, -0.1) is 10.2 Å². The smallest absolute Gasteiger partial charge is 0.234 e. The topological polar surface area (TPSA) is 78.4 Å². The number of hydrogen-bond acceptors (Lipinski definition) is 7. The number of aliphatic hydroxyl groups is 1. The molecule has 2 rings (SSSR count). The number of piperidine rings is 1. The van der Waals surface area contributed by atoms with Gasteiger partial charge in [0.25, 0.3) is 0 Å². The molecule has 0 aromatic carbocycles. The van der Waals surface area contributed by atoms with Gasteiger partial charge in [0, 0.05) is 18.8 Å². The van der Waals surface area contributed by atoms with Gasteiger partial charge in [0.2, 0.25) is 5.91 Å². The Hall–Kier alpha value is -0.700. The fourth-order valence-electron chi connectivity index (χ4n) is 2.10. The average molecular weight is 316 g/mol. The number of aliphatic hydroxyl groups excluding tert-OH is 1. The van der Waals surface area contributed by atoms with Crippen LogP contribution in [0.2, 0.25) is 0 Å². The fourth-order valence-corrected chi connectivity index (χ4v) is 3.84. The number of likely N-dealkylation sites (tertiary alicyclic amines) is 1. The number of carbonyl (C=O) groups is 1. The van der Waals surface area contributed by atoms with Gasteiger partial charge in [-0.25, -0.2) is 0 Å². The van der Waals surface area contributed by atoms with Crippen LogP contribution in [0.4, 0.5) is 0 Å². The Morgan fingerprint density at radius 1 is 1.60 bits per heavy atom. The Morgan fingerprint density at radius 3 is 3.15 bits per heavy atom. The second kappa shape index (κ2) is 7.92. The van der Waals surface area contributed by atoms with E-state index in [-0.39, 0.29) is 12.0 Å². The van der Waals surface area contributed by atoms with E-state index < -0.39 is 0 Å². The molecule has 0 spiro atoms. The summed E-state index contributed by atoms with van der Waals surface area (Å²) in [5.41, 5.74) is 0. The number of β-amino-alcohol motifs (C(OH)–C–C–N with tert-alkyl or cyclic N) is 1. The van der Waals surface area contributed by atoms with Crippen LogP contribution in [0.25, 0.3) is 0 Å². The molecular weight excluding hydrogens is 296 g/mol. The molecule has 2 N–H and O–H groups in total. The molecule has 20 heavy (non-hydrogen) atoms. The van der Waals surface area contributed by atoms with Crippen LogP contribution in [0, 0.1) is 6.92 Å². The summed E-state index contributed by atoms with van der Waals surface area (Å²) in [6.07, 6.45) is 1.52. The second-order valence-electron chi connectivity index (χ2n) is 4.82. The maximum atomic E-state index is 11.8. The van der Waals surface area contributed by atoms with Gasteiger partial charge in [-0.05, 0) is 26.3 Å². The standard InChI is InChI=1S/C12H20N4O2S2/c1-9-14-15-12(20-9)19-6-4-13-11(18)8-16-5-2-3-10(17)7-16/h10,17H,2-8H2,1H3,(H,13,18)/t10-/m0/s1. The molecule has 1 atom stereocenters. The van der Waals surface area contributed by atoms with E-state index in [1.807, 2.05) is 11.8 Å². The predicted molar refractivity (Wildman–Crippen MR) is 80.1 cm³/mol. The molecule has 1 fully saturated rings. The highest BCUT2D eigenvalue weighted by molar-refractivity contribution is 8.01. The highest BCUT2D eigenvalue weighted by atomic mass is 32.2. The first-order valence-corrected chi connectivity index (χ1v) is 8.53. The molecule has 0 saturated carbocycles. The molecular formula is C12H20N4O2S2. The van der Waals surface area contributed by atoms with Gasteiger partial charge in [0.05, 0.1) is 12.6 Å². The van der Waals surface area contributed by atoms with Crippen LogP contribution in [-0.4, -0.2) is 64.1 Å². The van der Waals surface area contributed by atoms with Gasteiger partial charge in [-0.1, -0.05) is 23.1 Å². The molecule has 1 aliphatic rings. The maximum absolute atomic E-state index is 11.8. The quantitative estimate of drug-likeness (QED) is 0.588. The average Bonchev–Trinajstić information content (AvgIpc) is 2.80. The number of amides is 1. The van der Waals surface area contributed by atoms with Crippen LogP contribution in [0.1, 0.15) is 17.8 Å². The first-order chi connectivity index (χ1) is 9.63. The van der Waals surface area contributed by atoms with Crippen molar-refractivity contribution in [1.29, 1.82) is 0 Å². The summed E-state index contributed by atoms with van der Waals surface area (Å²) in [5, 5.41) is 21.4. The molecule has 1 amide bonds. The minimum absolute atomic E-state index is 0.0214. The van der Waals surface area contributed by atoms with E-state index >= 15 is 0 Å². The van der Waals surface area contributed by atoms with Crippen LogP contribution >= 0.6 is 23.1 Å². The number of carbonyl (C=O) groups excluding carboxylic acids is 1. The summed E-state index contributed by atoms with van der Waals surface area (Å²) in [6, 6.07) is 0. The van der Waals surface area contributed by atoms with Crippen LogP contribution in [-0.2, 0) is 4.79 Å². The molecule has 0 aliphatic carbocycles. The van der Waals surface area contributed by atoms with Gasteiger partial charge in [0.15, 0.2) is 4.34 Å². The molecule has 0 radical (unpaired) electrons. The van der Waals surface area contributed by atoms with E-state index in [4.69, 9.17) is 0 Å². The molecule has 1 aromatic rings. The van der Waals surface area contributed by atoms with E-state index in [1.165, 1.54) is 0 Å². The van der Waals surface area contributed by atoms with Crippen LogP contribution in [0.3, 0.4) is 0 Å². The predicted octanol–water partition coefficient (Wildman–Crippen LogP) is 0.512. The molecule has 112 valence electrons. The summed E-state index contributed by atoms with van der Waals surface area (Å²) in [6.45, 7) is 4.42. The van der Waals surface area contributed by atoms with E-state index in [0.29, 0.717) is 19.6 Å². The van der Waals surface area contributed by atoms with Crippen molar-refractivity contribution in [1.82, 2.24) is 20.4 Å². The molecule has 1 saturated heterocycles. The Labute approximate surface area is 127 Å². The molecule has 6 nitrogen and oxygen atoms in total. The Bertz CT molecular complexity index is 441. The minimum Gasteiger partial charge on any atom is -0.392 e. The summed E-state index contributed by atoms with van der Waals surface area (Å²) in [4.78, 5) is 13.8. The van der Waals surface area contributed by atoms with Gasteiger partial charge >= 0.3 is 0 Å². The van der Waals surface area contributed by atoms with E-state index in [9.17, 15) is 9.90 Å². The lowest BCUT2D eigenvalue weighted by Crippen LogP contribution is -2.44. The normalized spacial score (nSPS) is 20.0. The second-order valence-corrected chi connectivity index (χ2v) is 7.34. The lowest BCUT2D eigenvalue weighted by atomic mass is 10.1. The Balaban J connectivity index is 1.58. The van der Waals surface area contributed by atoms with Crippen molar-refractivity contribution in [3.63, 3.8) is 0 Å². The van der Waals surface area contributed by atoms with Crippen LogP contribution < -0.4 is 5.32 Å². The van der Waals surface area contributed by atoms with Crippen molar-refractivity contribution in [2.45, 2.75) is 30.2 Å². The summed E-state index contributed by atoms with van der Waals surface area (Å²) < 4.78 is 0.941. The zero-order chi connectivity index (χ0) is 14.4. The van der Waals surface area contributed by atoms with Gasteiger partial charge in [-0.3, -0.25) is 9.69 Å². The Morgan fingerprint density at radius 2 is 2.45 bits per heavy atom. The number of aromatic nitrogens is 2. The monoisotopic (exact) mass is 316 g/mol. The van der Waals surface area contributed by atoms with Crippen molar-refractivity contribution in [3.05, 3.63) is 5.01 Å². The first-order valence-electron chi connectivity index (χ1n) is 6.73. The molecule has 1 aromatic heterocycles. The number of nitrogens with zero attached hydrogens (tertiary/aromatic N) is 3. The van der Waals surface area contributed by atoms with Crippen molar-refractivity contribution in [2.75, 3.05) is 31.9 Å². The number of aryl methyl sites for hydroxylation is 1. The zero-order valence-corrected chi connectivity index (χ0v) is 13.2. The third-order valence-electron chi connectivity index (χ3n) is 3.01. The van der Waals surface area contributed by atoms with E-state index in [2.05, 4.69) is 15.5 Å². The van der Waals surface area contributed by atoms with Crippen molar-refractivity contribution in [2.24, 2.45) is 0 Å². The van der Waals surface area contributed by atoms with Gasteiger partial charge in [0.1, 0.15) is 5.01 Å². The molecule has 0 bridgehead atoms. The largest absolute Gasteiger partial charge is 0.392 e. The lowest BCUT2D eigenvalue weighted by Gasteiger charge is -2.29. The Kier molecular flexibility index (Phi) is 6.21. The minimum atomic E-state index is -0.284. The third kappa shape index (κ3) is 5.35. The molecule has 0 unspecified atom stereocenters. The number of thioether (sulfide) groups is 1. The van der Waals surface area contributed by atoms with Crippen molar-refractivity contribution in [3.8, 4) is 0 Å². The third-order valence-corrected chi connectivity index (χ3v) is 4.98. The van der Waals surface area contributed by atoms with Crippen molar-refractivity contribution < 1.29 is 9.90 Å².